The fourth-order valence-electron chi connectivity index (χ4n) is 1.99. The standard InChI is InChI=1S/C14H22FN3/c1-3-4-7-18(2)14-11(8-12(15)10-17-14)9-16-13-5-6-13/h8,10,13,16H,3-7,9H2,1-2H3. The first kappa shape index (κ1) is 13.3. The van der Waals surface area contributed by atoms with E-state index in [1.807, 2.05) is 7.05 Å². The lowest BCUT2D eigenvalue weighted by atomic mass is 10.2. The van der Waals surface area contributed by atoms with Crippen molar-refractivity contribution in [2.45, 2.75) is 45.2 Å². The van der Waals surface area contributed by atoms with Crippen molar-refractivity contribution < 1.29 is 4.39 Å². The minimum atomic E-state index is -0.254. The summed E-state index contributed by atoms with van der Waals surface area (Å²) in [5, 5.41) is 3.42. The fraction of sp³-hybridized carbons (Fsp3) is 0.643. The molecule has 100 valence electrons. The summed E-state index contributed by atoms with van der Waals surface area (Å²) < 4.78 is 13.3. The van der Waals surface area contributed by atoms with Crippen LogP contribution in [0.15, 0.2) is 12.3 Å². The van der Waals surface area contributed by atoms with E-state index in [-0.39, 0.29) is 5.82 Å². The Labute approximate surface area is 108 Å². The van der Waals surface area contributed by atoms with E-state index in [9.17, 15) is 4.39 Å². The second-order valence-electron chi connectivity index (χ2n) is 5.07. The molecule has 0 spiro atoms. The first-order valence-electron chi connectivity index (χ1n) is 6.79. The Morgan fingerprint density at radius 2 is 2.28 bits per heavy atom. The quantitative estimate of drug-likeness (QED) is 0.807. The molecule has 18 heavy (non-hydrogen) atoms. The van der Waals surface area contributed by atoms with Gasteiger partial charge in [0.15, 0.2) is 0 Å². The van der Waals surface area contributed by atoms with Gasteiger partial charge in [-0.2, -0.15) is 0 Å². The Morgan fingerprint density at radius 1 is 1.50 bits per heavy atom. The average molecular weight is 251 g/mol. The predicted molar refractivity (Wildman–Crippen MR) is 72.2 cm³/mol. The summed E-state index contributed by atoms with van der Waals surface area (Å²) >= 11 is 0. The Balaban J connectivity index is 2.05. The topological polar surface area (TPSA) is 28.2 Å². The van der Waals surface area contributed by atoms with Crippen LogP contribution in [0, 0.1) is 5.82 Å². The van der Waals surface area contributed by atoms with Crippen LogP contribution < -0.4 is 10.2 Å². The molecule has 0 radical (unpaired) electrons. The van der Waals surface area contributed by atoms with Gasteiger partial charge in [-0.1, -0.05) is 13.3 Å². The molecule has 0 saturated heterocycles. The van der Waals surface area contributed by atoms with Crippen LogP contribution >= 0.6 is 0 Å². The number of rotatable bonds is 7. The summed E-state index contributed by atoms with van der Waals surface area (Å²) in [6, 6.07) is 2.22. The molecule has 4 heteroatoms. The van der Waals surface area contributed by atoms with Crippen LogP contribution in [0.3, 0.4) is 0 Å². The minimum absolute atomic E-state index is 0.254. The third-order valence-corrected chi connectivity index (χ3v) is 3.28. The number of hydrogen-bond acceptors (Lipinski definition) is 3. The number of pyridine rings is 1. The van der Waals surface area contributed by atoms with Crippen LogP contribution in [0.25, 0.3) is 0 Å². The Kier molecular flexibility index (Phi) is 4.53. The largest absolute Gasteiger partial charge is 0.359 e. The molecule has 1 aliphatic rings. The van der Waals surface area contributed by atoms with Crippen LogP contribution in [0.4, 0.5) is 10.2 Å². The molecule has 2 rings (SSSR count). The summed E-state index contributed by atoms with van der Waals surface area (Å²) in [6.07, 6.45) is 6.07. The van der Waals surface area contributed by atoms with Crippen LogP contribution in [0.2, 0.25) is 0 Å². The van der Waals surface area contributed by atoms with Crippen molar-refractivity contribution >= 4 is 5.82 Å². The van der Waals surface area contributed by atoms with Crippen LogP contribution in [-0.2, 0) is 6.54 Å². The molecule has 1 aromatic heterocycles. The van der Waals surface area contributed by atoms with E-state index in [2.05, 4.69) is 22.1 Å². The molecule has 0 amide bonds. The fourth-order valence-corrected chi connectivity index (χ4v) is 1.99. The van der Waals surface area contributed by atoms with Gasteiger partial charge in [-0.05, 0) is 25.3 Å². The Hall–Kier alpha value is -1.16. The molecule has 0 aromatic carbocycles. The number of nitrogens with one attached hydrogen (secondary N) is 1. The van der Waals surface area contributed by atoms with Crippen molar-refractivity contribution in [3.8, 4) is 0 Å². The molecule has 1 N–H and O–H groups in total. The zero-order valence-electron chi connectivity index (χ0n) is 11.2. The first-order valence-corrected chi connectivity index (χ1v) is 6.79. The van der Waals surface area contributed by atoms with Crippen molar-refractivity contribution in [3.05, 3.63) is 23.6 Å². The van der Waals surface area contributed by atoms with Gasteiger partial charge in [0.1, 0.15) is 11.6 Å². The average Bonchev–Trinajstić information content (AvgIpc) is 3.17. The maximum absolute atomic E-state index is 13.3. The zero-order chi connectivity index (χ0) is 13.0. The van der Waals surface area contributed by atoms with E-state index < -0.39 is 0 Å². The highest BCUT2D eigenvalue weighted by atomic mass is 19.1. The summed E-state index contributed by atoms with van der Waals surface area (Å²) in [5.41, 5.74) is 0.959. The smallest absolute Gasteiger partial charge is 0.141 e. The summed E-state index contributed by atoms with van der Waals surface area (Å²) in [4.78, 5) is 6.36. The monoisotopic (exact) mass is 251 g/mol. The zero-order valence-corrected chi connectivity index (χ0v) is 11.2. The van der Waals surface area contributed by atoms with Crippen molar-refractivity contribution in [2.24, 2.45) is 0 Å². The number of anilines is 1. The second-order valence-corrected chi connectivity index (χ2v) is 5.07. The van der Waals surface area contributed by atoms with Crippen molar-refractivity contribution in [1.82, 2.24) is 10.3 Å². The third-order valence-electron chi connectivity index (χ3n) is 3.28. The van der Waals surface area contributed by atoms with Crippen LogP contribution in [0.5, 0.6) is 0 Å². The van der Waals surface area contributed by atoms with Crippen LogP contribution in [-0.4, -0.2) is 24.6 Å². The van der Waals surface area contributed by atoms with Gasteiger partial charge in [0.05, 0.1) is 6.20 Å². The van der Waals surface area contributed by atoms with Gasteiger partial charge in [0.2, 0.25) is 0 Å². The van der Waals surface area contributed by atoms with E-state index in [0.717, 1.165) is 30.8 Å². The lowest BCUT2D eigenvalue weighted by Gasteiger charge is -2.21. The SMILES string of the molecule is CCCCN(C)c1ncc(F)cc1CNC1CC1. The highest BCUT2D eigenvalue weighted by Crippen LogP contribution is 2.22. The second kappa shape index (κ2) is 6.14. The maximum Gasteiger partial charge on any atom is 0.141 e. The molecular formula is C14H22FN3. The normalized spacial score (nSPS) is 14.8. The van der Waals surface area contributed by atoms with E-state index in [1.165, 1.54) is 19.0 Å². The Bertz CT molecular complexity index is 391. The molecule has 1 aromatic rings. The number of nitrogens with zero attached hydrogens (tertiary/aromatic N) is 2. The van der Waals surface area contributed by atoms with Crippen LogP contribution in [0.1, 0.15) is 38.2 Å². The molecule has 0 unspecified atom stereocenters. The number of unbranched alkanes of at least 4 members (excludes halogenated alkanes) is 1. The van der Waals surface area contributed by atoms with Gasteiger partial charge in [-0.3, -0.25) is 0 Å². The highest BCUT2D eigenvalue weighted by Gasteiger charge is 2.21. The summed E-state index contributed by atoms with van der Waals surface area (Å²) in [6.45, 7) is 3.84. The summed E-state index contributed by atoms with van der Waals surface area (Å²) in [5.74, 6) is 0.647. The predicted octanol–water partition coefficient (Wildman–Crippen LogP) is 2.71. The van der Waals surface area contributed by atoms with Gasteiger partial charge in [0.25, 0.3) is 0 Å². The van der Waals surface area contributed by atoms with Gasteiger partial charge in [0, 0.05) is 31.7 Å². The molecule has 1 heterocycles. The number of halogens is 1. The molecule has 1 fully saturated rings. The lowest BCUT2D eigenvalue weighted by Crippen LogP contribution is -2.24. The first-order chi connectivity index (χ1) is 8.70. The van der Waals surface area contributed by atoms with Crippen molar-refractivity contribution in [2.75, 3.05) is 18.5 Å². The maximum atomic E-state index is 13.3. The molecule has 1 saturated carbocycles. The van der Waals surface area contributed by atoms with Gasteiger partial charge < -0.3 is 10.2 Å². The van der Waals surface area contributed by atoms with Gasteiger partial charge in [-0.15, -0.1) is 0 Å². The minimum Gasteiger partial charge on any atom is -0.359 e. The number of aromatic nitrogens is 1. The van der Waals surface area contributed by atoms with E-state index in [0.29, 0.717) is 12.6 Å². The summed E-state index contributed by atoms with van der Waals surface area (Å²) in [7, 11) is 2.02. The highest BCUT2D eigenvalue weighted by molar-refractivity contribution is 5.46. The van der Waals surface area contributed by atoms with E-state index in [4.69, 9.17) is 0 Å². The lowest BCUT2D eigenvalue weighted by molar-refractivity contribution is 0.610. The molecule has 1 aliphatic carbocycles. The van der Waals surface area contributed by atoms with E-state index >= 15 is 0 Å². The Morgan fingerprint density at radius 3 is 2.94 bits per heavy atom. The van der Waals surface area contributed by atoms with Crippen molar-refractivity contribution in [1.29, 1.82) is 0 Å². The molecular weight excluding hydrogens is 229 g/mol. The molecule has 0 aliphatic heterocycles. The number of hydrogen-bond donors (Lipinski definition) is 1. The molecule has 0 atom stereocenters. The molecule has 3 nitrogen and oxygen atoms in total. The van der Waals surface area contributed by atoms with Gasteiger partial charge in [-0.25, -0.2) is 9.37 Å². The van der Waals surface area contributed by atoms with Crippen molar-refractivity contribution in [3.63, 3.8) is 0 Å². The third kappa shape index (κ3) is 3.67. The van der Waals surface area contributed by atoms with Gasteiger partial charge >= 0.3 is 0 Å². The van der Waals surface area contributed by atoms with E-state index in [1.54, 1.807) is 6.07 Å². The molecule has 0 bridgehead atoms.